The van der Waals surface area contributed by atoms with Crippen LogP contribution in [0.4, 0.5) is 0 Å². The van der Waals surface area contributed by atoms with E-state index in [-0.39, 0.29) is 0 Å². The van der Waals surface area contributed by atoms with Crippen LogP contribution in [0.25, 0.3) is 0 Å². The third-order valence-electron chi connectivity index (χ3n) is 5.01. The van der Waals surface area contributed by atoms with Gasteiger partial charge in [0, 0.05) is 31.4 Å². The minimum absolute atomic E-state index is 0.432. The van der Waals surface area contributed by atoms with E-state index in [0.717, 1.165) is 50.6 Å². The van der Waals surface area contributed by atoms with E-state index in [0.29, 0.717) is 12.0 Å². The first-order chi connectivity index (χ1) is 12.2. The van der Waals surface area contributed by atoms with Crippen molar-refractivity contribution in [2.24, 2.45) is 5.92 Å². The number of nitrogens with zero attached hydrogens (tertiary/aromatic N) is 5. The Labute approximate surface area is 150 Å². The highest BCUT2D eigenvalue weighted by atomic mass is 16.5. The first-order valence-electron chi connectivity index (χ1n) is 9.27. The first kappa shape index (κ1) is 18.0. The molecule has 0 radical (unpaired) electrons. The Bertz CT molecular complexity index is 644. The Morgan fingerprint density at radius 3 is 3.04 bits per heavy atom. The molecule has 136 valence electrons. The van der Waals surface area contributed by atoms with Crippen LogP contribution < -0.4 is 0 Å². The zero-order valence-corrected chi connectivity index (χ0v) is 15.6. The van der Waals surface area contributed by atoms with Crippen molar-refractivity contribution in [3.8, 4) is 0 Å². The second kappa shape index (κ2) is 8.54. The van der Waals surface area contributed by atoms with Crippen molar-refractivity contribution in [3.63, 3.8) is 0 Å². The van der Waals surface area contributed by atoms with Crippen LogP contribution in [0.15, 0.2) is 29.0 Å². The summed E-state index contributed by atoms with van der Waals surface area (Å²) in [6.07, 6.45) is 8.16. The molecular weight excluding hydrogens is 314 g/mol. The third kappa shape index (κ3) is 4.64. The summed E-state index contributed by atoms with van der Waals surface area (Å²) < 4.78 is 5.34. The monoisotopic (exact) mass is 343 g/mol. The number of aryl methyl sites for hydroxylation is 1. The number of likely N-dealkylation sites (tertiary alicyclic amines) is 1. The molecule has 0 spiro atoms. The van der Waals surface area contributed by atoms with Gasteiger partial charge in [-0.05, 0) is 51.0 Å². The van der Waals surface area contributed by atoms with Crippen LogP contribution in [0.3, 0.4) is 0 Å². The molecule has 0 unspecified atom stereocenters. The smallest absolute Gasteiger partial charge is 0.226 e. The summed E-state index contributed by atoms with van der Waals surface area (Å²) >= 11 is 0. The largest absolute Gasteiger partial charge is 0.339 e. The van der Waals surface area contributed by atoms with Crippen molar-refractivity contribution in [2.75, 3.05) is 27.2 Å². The minimum Gasteiger partial charge on any atom is -0.339 e. The van der Waals surface area contributed by atoms with Gasteiger partial charge in [-0.1, -0.05) is 24.6 Å². The van der Waals surface area contributed by atoms with Crippen LogP contribution in [0.5, 0.6) is 0 Å². The van der Waals surface area contributed by atoms with E-state index < -0.39 is 0 Å². The maximum absolute atomic E-state index is 5.34. The summed E-state index contributed by atoms with van der Waals surface area (Å²) in [5.74, 6) is 2.14. The highest BCUT2D eigenvalue weighted by Gasteiger charge is 2.33. The Kier molecular flexibility index (Phi) is 6.15. The number of hydrogen-bond donors (Lipinski definition) is 0. The van der Waals surface area contributed by atoms with Crippen molar-refractivity contribution >= 4 is 0 Å². The molecule has 0 aromatic carbocycles. The molecule has 6 nitrogen and oxygen atoms in total. The standard InChI is InChI=1S/C19H29N5O/c1-4-5-8-18-21-17(22-25-18)14-23(2)13-16-9-11-24(3)19(16)15-7-6-10-20-12-15/h6-7,10,12,16,19H,4-5,8-9,11,13-14H2,1-3H3/t16-,19-/m0/s1. The fourth-order valence-electron chi connectivity index (χ4n) is 3.79. The van der Waals surface area contributed by atoms with Crippen LogP contribution in [-0.2, 0) is 13.0 Å². The average molecular weight is 343 g/mol. The molecule has 2 atom stereocenters. The quantitative estimate of drug-likeness (QED) is 0.734. The minimum atomic E-state index is 0.432. The Morgan fingerprint density at radius 2 is 2.28 bits per heavy atom. The highest BCUT2D eigenvalue weighted by molar-refractivity contribution is 5.17. The van der Waals surface area contributed by atoms with Gasteiger partial charge in [-0.2, -0.15) is 4.98 Å². The van der Waals surface area contributed by atoms with E-state index in [4.69, 9.17) is 4.52 Å². The average Bonchev–Trinajstić information content (AvgIpc) is 3.20. The van der Waals surface area contributed by atoms with Crippen LogP contribution in [-0.4, -0.2) is 52.1 Å². The van der Waals surface area contributed by atoms with Crippen molar-refractivity contribution < 1.29 is 4.52 Å². The maximum Gasteiger partial charge on any atom is 0.226 e. The van der Waals surface area contributed by atoms with Gasteiger partial charge in [0.1, 0.15) is 0 Å². The summed E-state index contributed by atoms with van der Waals surface area (Å²) in [6.45, 7) is 5.04. The number of pyridine rings is 1. The Morgan fingerprint density at radius 1 is 1.40 bits per heavy atom. The molecule has 2 aromatic heterocycles. The Balaban J connectivity index is 1.58. The number of hydrogen-bond acceptors (Lipinski definition) is 6. The van der Waals surface area contributed by atoms with Crippen molar-refractivity contribution in [1.29, 1.82) is 0 Å². The molecule has 0 saturated carbocycles. The molecule has 6 heteroatoms. The molecule has 3 heterocycles. The zero-order chi connectivity index (χ0) is 17.6. The van der Waals surface area contributed by atoms with Gasteiger partial charge >= 0.3 is 0 Å². The number of rotatable bonds is 8. The van der Waals surface area contributed by atoms with Crippen molar-refractivity contribution in [3.05, 3.63) is 41.8 Å². The van der Waals surface area contributed by atoms with E-state index in [9.17, 15) is 0 Å². The van der Waals surface area contributed by atoms with Gasteiger partial charge in [-0.15, -0.1) is 0 Å². The molecule has 25 heavy (non-hydrogen) atoms. The molecule has 0 bridgehead atoms. The van der Waals surface area contributed by atoms with Crippen LogP contribution in [0, 0.1) is 5.92 Å². The summed E-state index contributed by atoms with van der Waals surface area (Å²) in [7, 11) is 4.34. The topological polar surface area (TPSA) is 58.3 Å². The lowest BCUT2D eigenvalue weighted by molar-refractivity contribution is 0.209. The van der Waals surface area contributed by atoms with Crippen molar-refractivity contribution in [1.82, 2.24) is 24.9 Å². The normalized spacial score (nSPS) is 21.3. The van der Waals surface area contributed by atoms with Crippen LogP contribution in [0.2, 0.25) is 0 Å². The predicted molar refractivity (Wildman–Crippen MR) is 97.0 cm³/mol. The number of unbranched alkanes of at least 4 members (excludes halogenated alkanes) is 1. The molecule has 0 N–H and O–H groups in total. The first-order valence-corrected chi connectivity index (χ1v) is 9.27. The third-order valence-corrected chi connectivity index (χ3v) is 5.01. The molecule has 0 aliphatic carbocycles. The lowest BCUT2D eigenvalue weighted by Crippen LogP contribution is -2.30. The predicted octanol–water partition coefficient (Wildman–Crippen LogP) is 2.93. The molecule has 3 rings (SSSR count). The number of aromatic nitrogens is 3. The van der Waals surface area contributed by atoms with E-state index in [2.05, 4.69) is 52.0 Å². The molecule has 1 aliphatic heterocycles. The van der Waals surface area contributed by atoms with Gasteiger partial charge in [0.2, 0.25) is 5.89 Å². The molecule has 2 aromatic rings. The van der Waals surface area contributed by atoms with Gasteiger partial charge in [0.05, 0.1) is 6.54 Å². The lowest BCUT2D eigenvalue weighted by atomic mass is 9.94. The van der Waals surface area contributed by atoms with Crippen LogP contribution in [0.1, 0.15) is 49.5 Å². The van der Waals surface area contributed by atoms with E-state index >= 15 is 0 Å². The summed E-state index contributed by atoms with van der Waals surface area (Å²) in [4.78, 5) is 13.6. The second-order valence-electron chi connectivity index (χ2n) is 7.17. The summed E-state index contributed by atoms with van der Waals surface area (Å²) in [5.41, 5.74) is 1.31. The Hall–Kier alpha value is -1.79. The van der Waals surface area contributed by atoms with Crippen LogP contribution >= 0.6 is 0 Å². The SMILES string of the molecule is CCCCc1nc(CN(C)C[C@@H]2CCN(C)[C@H]2c2cccnc2)no1. The molecule has 1 fully saturated rings. The fraction of sp³-hybridized carbons (Fsp3) is 0.632. The van der Waals surface area contributed by atoms with E-state index in [1.807, 2.05) is 18.5 Å². The summed E-state index contributed by atoms with van der Waals surface area (Å²) in [6, 6.07) is 4.65. The lowest BCUT2D eigenvalue weighted by Gasteiger charge is -2.28. The van der Waals surface area contributed by atoms with Gasteiger partial charge in [0.25, 0.3) is 0 Å². The van der Waals surface area contributed by atoms with Gasteiger partial charge < -0.3 is 4.52 Å². The fourth-order valence-corrected chi connectivity index (χ4v) is 3.79. The highest BCUT2D eigenvalue weighted by Crippen LogP contribution is 2.36. The van der Waals surface area contributed by atoms with Gasteiger partial charge in [-0.25, -0.2) is 0 Å². The molecule has 1 saturated heterocycles. The van der Waals surface area contributed by atoms with Gasteiger partial charge in [-0.3, -0.25) is 14.8 Å². The molecule has 1 aliphatic rings. The molecule has 0 amide bonds. The van der Waals surface area contributed by atoms with Crippen molar-refractivity contribution in [2.45, 2.75) is 45.2 Å². The van der Waals surface area contributed by atoms with E-state index in [1.54, 1.807) is 0 Å². The maximum atomic E-state index is 5.34. The molecular formula is C19H29N5O. The second-order valence-corrected chi connectivity index (χ2v) is 7.17. The van der Waals surface area contributed by atoms with Gasteiger partial charge in [0.15, 0.2) is 5.82 Å². The van der Waals surface area contributed by atoms with E-state index in [1.165, 1.54) is 12.0 Å². The summed E-state index contributed by atoms with van der Waals surface area (Å²) in [5, 5.41) is 4.13. The zero-order valence-electron chi connectivity index (χ0n) is 15.6.